The molecule has 0 aliphatic rings. The molecule has 16 heavy (non-hydrogen) atoms. The predicted molar refractivity (Wildman–Crippen MR) is 49.0 cm³/mol. The number of carbonyl (C=O) groups is 1. The molecule has 0 saturated heterocycles. The van der Waals surface area contributed by atoms with E-state index in [-0.39, 0.29) is 5.56 Å². The number of hydrogen-bond acceptors (Lipinski definition) is 1. The number of nitrogens with one attached hydrogen (secondary N) is 1. The number of amides is 1. The zero-order valence-electron chi connectivity index (χ0n) is 7.73. The van der Waals surface area contributed by atoms with Gasteiger partial charge in [-0.3, -0.25) is 4.79 Å². The average molecular weight is 231 g/mol. The first-order valence-corrected chi connectivity index (χ1v) is 3.99. The maximum atomic E-state index is 13.0. The summed E-state index contributed by atoms with van der Waals surface area (Å²) in [7, 11) is 0. The number of alkyl halides is 3. The number of benzene rings is 1. The van der Waals surface area contributed by atoms with Crippen molar-refractivity contribution in [3.05, 3.63) is 29.6 Å². The number of halogens is 4. The van der Waals surface area contributed by atoms with Gasteiger partial charge in [-0.1, -0.05) is 5.92 Å². The zero-order chi connectivity index (χ0) is 12.3. The molecule has 0 fully saturated rings. The third-order valence-corrected chi connectivity index (χ3v) is 1.64. The van der Waals surface area contributed by atoms with E-state index in [1.54, 1.807) is 0 Å². The first kappa shape index (κ1) is 12.0. The summed E-state index contributed by atoms with van der Waals surface area (Å²) in [5.41, 5.74) is -0.434. The van der Waals surface area contributed by atoms with Gasteiger partial charge in [0.2, 0.25) is 0 Å². The van der Waals surface area contributed by atoms with Crippen LogP contribution in [-0.2, 0) is 4.79 Å². The van der Waals surface area contributed by atoms with E-state index in [0.29, 0.717) is 0 Å². The third-order valence-electron chi connectivity index (χ3n) is 1.64. The normalized spacial score (nSPS) is 10.7. The quantitative estimate of drug-likeness (QED) is 0.583. The van der Waals surface area contributed by atoms with Crippen molar-refractivity contribution >= 4 is 11.6 Å². The van der Waals surface area contributed by atoms with Gasteiger partial charge >= 0.3 is 12.1 Å². The van der Waals surface area contributed by atoms with E-state index in [9.17, 15) is 22.4 Å². The van der Waals surface area contributed by atoms with Gasteiger partial charge in [0.25, 0.3) is 0 Å². The van der Waals surface area contributed by atoms with E-state index >= 15 is 0 Å². The highest BCUT2D eigenvalue weighted by Gasteiger charge is 2.39. The van der Waals surface area contributed by atoms with E-state index in [4.69, 9.17) is 6.42 Å². The van der Waals surface area contributed by atoms with Crippen LogP contribution in [0.3, 0.4) is 0 Å². The lowest BCUT2D eigenvalue weighted by Gasteiger charge is -2.08. The van der Waals surface area contributed by atoms with Crippen LogP contribution in [0.4, 0.5) is 23.2 Å². The van der Waals surface area contributed by atoms with Gasteiger partial charge in [-0.25, -0.2) is 4.39 Å². The molecule has 0 aromatic heterocycles. The maximum absolute atomic E-state index is 13.0. The lowest BCUT2D eigenvalue weighted by molar-refractivity contribution is -0.167. The molecular weight excluding hydrogens is 226 g/mol. The number of carbonyl (C=O) groups excluding carboxylic acids is 1. The zero-order valence-corrected chi connectivity index (χ0v) is 7.73. The Kier molecular flexibility index (Phi) is 3.18. The second kappa shape index (κ2) is 4.23. The second-order valence-electron chi connectivity index (χ2n) is 2.79. The van der Waals surface area contributed by atoms with Crippen LogP contribution >= 0.6 is 0 Å². The van der Waals surface area contributed by atoms with Gasteiger partial charge in [0.15, 0.2) is 0 Å². The molecular formula is C10H5F4NO. The Morgan fingerprint density at radius 3 is 2.50 bits per heavy atom. The van der Waals surface area contributed by atoms with Crippen LogP contribution in [0.1, 0.15) is 5.56 Å². The molecule has 0 bridgehead atoms. The Morgan fingerprint density at radius 2 is 2.00 bits per heavy atom. The minimum atomic E-state index is -5.07. The Labute approximate surface area is 88.3 Å². The predicted octanol–water partition coefficient (Wildman–Crippen LogP) is 2.31. The lowest BCUT2D eigenvalue weighted by Crippen LogP contribution is -2.30. The van der Waals surface area contributed by atoms with Crippen LogP contribution in [0, 0.1) is 18.2 Å². The molecule has 1 amide bonds. The van der Waals surface area contributed by atoms with Crippen molar-refractivity contribution in [2.75, 3.05) is 5.32 Å². The molecule has 2 nitrogen and oxygen atoms in total. The van der Waals surface area contributed by atoms with E-state index in [1.807, 2.05) is 0 Å². The minimum absolute atomic E-state index is 0.166. The molecule has 0 aliphatic carbocycles. The van der Waals surface area contributed by atoms with Gasteiger partial charge in [-0.15, -0.1) is 6.42 Å². The summed E-state index contributed by atoms with van der Waals surface area (Å²) in [6.45, 7) is 0. The first-order chi connectivity index (χ1) is 7.34. The smallest absolute Gasteiger partial charge is 0.316 e. The number of terminal acetylenes is 1. The van der Waals surface area contributed by atoms with Crippen LogP contribution in [0.25, 0.3) is 0 Å². The topological polar surface area (TPSA) is 29.1 Å². The molecule has 0 aliphatic heterocycles. The summed E-state index contributed by atoms with van der Waals surface area (Å²) in [6.07, 6.45) is -0.0928. The summed E-state index contributed by atoms with van der Waals surface area (Å²) in [5, 5.41) is 1.39. The first-order valence-electron chi connectivity index (χ1n) is 3.99. The summed E-state index contributed by atoms with van der Waals surface area (Å²) < 4.78 is 48.6. The Balaban J connectivity index is 2.98. The summed E-state index contributed by atoms with van der Waals surface area (Å²) >= 11 is 0. The summed E-state index contributed by atoms with van der Waals surface area (Å²) in [6, 6.07) is 3.03. The molecule has 1 N–H and O–H groups in total. The number of rotatable bonds is 1. The molecule has 0 unspecified atom stereocenters. The third kappa shape index (κ3) is 2.73. The fraction of sp³-hybridized carbons (Fsp3) is 0.100. The van der Waals surface area contributed by atoms with Crippen molar-refractivity contribution in [1.29, 1.82) is 0 Å². The minimum Gasteiger partial charge on any atom is -0.316 e. The summed E-state index contributed by atoms with van der Waals surface area (Å²) in [5.74, 6) is -1.13. The molecule has 1 rings (SSSR count). The fourth-order valence-electron chi connectivity index (χ4n) is 0.904. The monoisotopic (exact) mass is 231 g/mol. The van der Waals surface area contributed by atoms with Crippen molar-refractivity contribution in [1.82, 2.24) is 0 Å². The van der Waals surface area contributed by atoms with Crippen LogP contribution in [0.5, 0.6) is 0 Å². The number of hydrogen-bond donors (Lipinski definition) is 1. The highest BCUT2D eigenvalue weighted by Crippen LogP contribution is 2.21. The van der Waals surface area contributed by atoms with Crippen molar-refractivity contribution in [2.45, 2.75) is 6.18 Å². The van der Waals surface area contributed by atoms with Crippen molar-refractivity contribution in [3.63, 3.8) is 0 Å². The van der Waals surface area contributed by atoms with Gasteiger partial charge < -0.3 is 5.32 Å². The number of anilines is 1. The Morgan fingerprint density at radius 1 is 1.38 bits per heavy atom. The molecule has 0 saturated carbocycles. The Bertz CT molecular complexity index is 459. The van der Waals surface area contributed by atoms with Crippen molar-refractivity contribution < 1.29 is 22.4 Å². The van der Waals surface area contributed by atoms with Gasteiger partial charge in [-0.05, 0) is 18.2 Å². The maximum Gasteiger partial charge on any atom is 0.471 e. The van der Waals surface area contributed by atoms with Crippen LogP contribution in [0.2, 0.25) is 0 Å². The Hall–Kier alpha value is -2.03. The molecule has 6 heteroatoms. The highest BCUT2D eigenvalue weighted by atomic mass is 19.4. The van der Waals surface area contributed by atoms with E-state index in [2.05, 4.69) is 5.92 Å². The molecule has 84 valence electrons. The van der Waals surface area contributed by atoms with Gasteiger partial charge in [0, 0.05) is 5.56 Å². The molecule has 1 aromatic carbocycles. The van der Waals surface area contributed by atoms with Crippen molar-refractivity contribution in [2.24, 2.45) is 0 Å². The molecule has 0 atom stereocenters. The van der Waals surface area contributed by atoms with E-state index < -0.39 is 23.6 Å². The largest absolute Gasteiger partial charge is 0.471 e. The van der Waals surface area contributed by atoms with Crippen LogP contribution < -0.4 is 5.32 Å². The summed E-state index contributed by atoms with van der Waals surface area (Å²) in [4.78, 5) is 10.5. The van der Waals surface area contributed by atoms with E-state index in [0.717, 1.165) is 12.1 Å². The molecule has 1 aromatic rings. The molecule has 0 heterocycles. The standard InChI is InChI=1S/C10H5F4NO/c1-2-6-3-4-7(11)8(5-6)15-9(16)10(12,13)14/h1,3-5H,(H,15,16). The molecule has 0 spiro atoms. The average Bonchev–Trinajstić information content (AvgIpc) is 2.19. The van der Waals surface area contributed by atoms with E-state index in [1.165, 1.54) is 11.4 Å². The van der Waals surface area contributed by atoms with Crippen LogP contribution in [0.15, 0.2) is 18.2 Å². The lowest BCUT2D eigenvalue weighted by atomic mass is 10.2. The van der Waals surface area contributed by atoms with Crippen molar-refractivity contribution in [3.8, 4) is 12.3 Å². The van der Waals surface area contributed by atoms with Gasteiger partial charge in [-0.2, -0.15) is 13.2 Å². The molecule has 0 radical (unpaired) electrons. The van der Waals surface area contributed by atoms with Gasteiger partial charge in [0.05, 0.1) is 5.69 Å². The fourth-order valence-corrected chi connectivity index (χ4v) is 0.904. The van der Waals surface area contributed by atoms with Gasteiger partial charge in [0.1, 0.15) is 5.82 Å². The second-order valence-corrected chi connectivity index (χ2v) is 2.79. The highest BCUT2D eigenvalue weighted by molar-refractivity contribution is 5.95. The van der Waals surface area contributed by atoms with Crippen LogP contribution in [-0.4, -0.2) is 12.1 Å². The SMILES string of the molecule is C#Cc1ccc(F)c(NC(=O)C(F)(F)F)c1.